The van der Waals surface area contributed by atoms with Gasteiger partial charge < -0.3 is 24.6 Å². The van der Waals surface area contributed by atoms with Crippen molar-refractivity contribution < 1.29 is 23.6 Å². The lowest BCUT2D eigenvalue weighted by Crippen LogP contribution is -2.41. The van der Waals surface area contributed by atoms with Gasteiger partial charge in [-0.1, -0.05) is 11.2 Å². The standard InChI is InChI=1S/C16H19N3O5/c1-9-8-13(19-24-9)18-15(20)10(2)17-16(21)14-11(22-3)6-5-7-12(14)23-4/h5-8,10H,1-4H3,(H,17,21)(H,18,19,20)/t10-/m1/s1. The van der Waals surface area contributed by atoms with Crippen molar-refractivity contribution in [1.82, 2.24) is 10.5 Å². The van der Waals surface area contributed by atoms with Crippen LogP contribution in [-0.2, 0) is 4.79 Å². The molecule has 8 nitrogen and oxygen atoms in total. The number of methoxy groups -OCH3 is 2. The van der Waals surface area contributed by atoms with Crippen LogP contribution in [0.5, 0.6) is 11.5 Å². The van der Waals surface area contributed by atoms with E-state index in [1.54, 1.807) is 38.1 Å². The maximum atomic E-state index is 12.5. The number of nitrogens with one attached hydrogen (secondary N) is 2. The molecule has 0 bridgehead atoms. The molecule has 0 saturated heterocycles. The summed E-state index contributed by atoms with van der Waals surface area (Å²) in [7, 11) is 2.91. The number of aromatic nitrogens is 1. The molecule has 2 rings (SSSR count). The number of amides is 2. The monoisotopic (exact) mass is 333 g/mol. The average molecular weight is 333 g/mol. The van der Waals surface area contributed by atoms with Gasteiger partial charge in [0, 0.05) is 6.07 Å². The highest BCUT2D eigenvalue weighted by atomic mass is 16.5. The van der Waals surface area contributed by atoms with Crippen LogP contribution < -0.4 is 20.1 Å². The molecule has 1 aromatic carbocycles. The van der Waals surface area contributed by atoms with Crippen molar-refractivity contribution in [3.05, 3.63) is 35.6 Å². The molecule has 2 N–H and O–H groups in total. The lowest BCUT2D eigenvalue weighted by atomic mass is 10.1. The third-order valence-electron chi connectivity index (χ3n) is 3.28. The second kappa shape index (κ2) is 7.49. The van der Waals surface area contributed by atoms with Gasteiger partial charge in [0.2, 0.25) is 5.91 Å². The van der Waals surface area contributed by atoms with Crippen LogP contribution in [-0.4, -0.2) is 37.2 Å². The zero-order chi connectivity index (χ0) is 17.7. The van der Waals surface area contributed by atoms with E-state index in [-0.39, 0.29) is 11.4 Å². The van der Waals surface area contributed by atoms with E-state index in [1.165, 1.54) is 14.2 Å². The Labute approximate surface area is 139 Å². The largest absolute Gasteiger partial charge is 0.496 e. The van der Waals surface area contributed by atoms with E-state index >= 15 is 0 Å². The first kappa shape index (κ1) is 17.3. The average Bonchev–Trinajstić information content (AvgIpc) is 2.98. The minimum Gasteiger partial charge on any atom is -0.496 e. The van der Waals surface area contributed by atoms with Crippen LogP contribution in [0.15, 0.2) is 28.8 Å². The van der Waals surface area contributed by atoms with Gasteiger partial charge >= 0.3 is 0 Å². The minimum atomic E-state index is -0.802. The van der Waals surface area contributed by atoms with E-state index < -0.39 is 17.9 Å². The molecule has 8 heteroatoms. The fourth-order valence-electron chi connectivity index (χ4n) is 2.07. The Balaban J connectivity index is 2.10. The second-order valence-corrected chi connectivity index (χ2v) is 5.04. The predicted octanol–water partition coefficient (Wildman–Crippen LogP) is 1.76. The summed E-state index contributed by atoms with van der Waals surface area (Å²) in [6.45, 7) is 3.27. The van der Waals surface area contributed by atoms with E-state index in [0.717, 1.165) is 0 Å². The normalized spacial score (nSPS) is 11.5. The Morgan fingerprint density at radius 2 is 1.83 bits per heavy atom. The quantitative estimate of drug-likeness (QED) is 0.835. The van der Waals surface area contributed by atoms with E-state index in [9.17, 15) is 9.59 Å². The molecule has 1 atom stereocenters. The SMILES string of the molecule is COc1cccc(OC)c1C(=O)N[C@H](C)C(=O)Nc1cc(C)on1. The Morgan fingerprint density at radius 1 is 1.21 bits per heavy atom. The van der Waals surface area contributed by atoms with Gasteiger partial charge in [0.1, 0.15) is 28.9 Å². The van der Waals surface area contributed by atoms with Crippen molar-refractivity contribution in [2.45, 2.75) is 19.9 Å². The van der Waals surface area contributed by atoms with Gasteiger partial charge in [-0.25, -0.2) is 0 Å². The molecular formula is C16H19N3O5. The summed E-state index contributed by atoms with van der Waals surface area (Å²) in [5, 5.41) is 8.83. The fraction of sp³-hybridized carbons (Fsp3) is 0.312. The number of hydrogen-bond acceptors (Lipinski definition) is 6. The van der Waals surface area contributed by atoms with Crippen molar-refractivity contribution in [2.75, 3.05) is 19.5 Å². The number of carbonyl (C=O) groups excluding carboxylic acids is 2. The molecule has 0 aliphatic carbocycles. The summed E-state index contributed by atoms with van der Waals surface area (Å²) < 4.78 is 15.2. The number of ether oxygens (including phenoxy) is 2. The first-order chi connectivity index (χ1) is 11.5. The molecule has 1 heterocycles. The van der Waals surface area contributed by atoms with Crippen molar-refractivity contribution in [1.29, 1.82) is 0 Å². The third kappa shape index (κ3) is 3.83. The number of benzene rings is 1. The van der Waals surface area contributed by atoms with Crippen molar-refractivity contribution in [3.63, 3.8) is 0 Å². The Kier molecular flexibility index (Phi) is 5.41. The van der Waals surface area contributed by atoms with Gasteiger partial charge in [-0.2, -0.15) is 0 Å². The topological polar surface area (TPSA) is 103 Å². The van der Waals surface area contributed by atoms with Crippen molar-refractivity contribution in [2.24, 2.45) is 0 Å². The highest BCUT2D eigenvalue weighted by Crippen LogP contribution is 2.28. The number of anilines is 1. The van der Waals surface area contributed by atoms with Crippen molar-refractivity contribution in [3.8, 4) is 11.5 Å². The maximum Gasteiger partial charge on any atom is 0.259 e. The first-order valence-corrected chi connectivity index (χ1v) is 7.22. The first-order valence-electron chi connectivity index (χ1n) is 7.22. The maximum absolute atomic E-state index is 12.5. The summed E-state index contributed by atoms with van der Waals surface area (Å²) in [4.78, 5) is 24.6. The molecule has 0 aliphatic heterocycles. The Bertz CT molecular complexity index is 719. The summed E-state index contributed by atoms with van der Waals surface area (Å²) in [6.07, 6.45) is 0. The number of rotatable bonds is 6. The van der Waals surface area contributed by atoms with Crippen LogP contribution in [0.2, 0.25) is 0 Å². The number of aryl methyl sites for hydroxylation is 1. The summed E-state index contributed by atoms with van der Waals surface area (Å²) in [6, 6.07) is 5.76. The predicted molar refractivity (Wildman–Crippen MR) is 86.3 cm³/mol. The Morgan fingerprint density at radius 3 is 2.33 bits per heavy atom. The summed E-state index contributed by atoms with van der Waals surface area (Å²) in [5.74, 6) is 0.654. The molecule has 2 aromatic rings. The highest BCUT2D eigenvalue weighted by Gasteiger charge is 2.23. The number of carbonyl (C=O) groups is 2. The molecule has 24 heavy (non-hydrogen) atoms. The number of hydrogen-bond donors (Lipinski definition) is 2. The van der Waals surface area contributed by atoms with E-state index in [4.69, 9.17) is 14.0 Å². The van der Waals surface area contributed by atoms with Crippen LogP contribution in [0.3, 0.4) is 0 Å². The Hall–Kier alpha value is -3.03. The fourth-order valence-corrected chi connectivity index (χ4v) is 2.07. The molecule has 128 valence electrons. The molecule has 0 fully saturated rings. The minimum absolute atomic E-state index is 0.222. The molecule has 0 saturated carbocycles. The van der Waals surface area contributed by atoms with Gasteiger partial charge in [-0.05, 0) is 26.0 Å². The molecule has 2 amide bonds. The summed E-state index contributed by atoms with van der Waals surface area (Å²) >= 11 is 0. The zero-order valence-corrected chi connectivity index (χ0v) is 13.9. The van der Waals surface area contributed by atoms with Gasteiger partial charge in [0.05, 0.1) is 14.2 Å². The summed E-state index contributed by atoms with van der Waals surface area (Å²) in [5.41, 5.74) is 0.222. The van der Waals surface area contributed by atoms with Crippen LogP contribution in [0.4, 0.5) is 5.82 Å². The van der Waals surface area contributed by atoms with Gasteiger partial charge in [-0.3, -0.25) is 9.59 Å². The van der Waals surface area contributed by atoms with Gasteiger partial charge in [0.15, 0.2) is 5.82 Å². The van der Waals surface area contributed by atoms with Crippen LogP contribution in [0.25, 0.3) is 0 Å². The number of nitrogens with zero attached hydrogens (tertiary/aromatic N) is 1. The van der Waals surface area contributed by atoms with E-state index in [2.05, 4.69) is 15.8 Å². The van der Waals surface area contributed by atoms with Crippen LogP contribution in [0, 0.1) is 6.92 Å². The smallest absolute Gasteiger partial charge is 0.259 e. The van der Waals surface area contributed by atoms with Crippen molar-refractivity contribution >= 4 is 17.6 Å². The molecule has 1 aromatic heterocycles. The molecule has 0 aliphatic rings. The molecule has 0 radical (unpaired) electrons. The zero-order valence-electron chi connectivity index (χ0n) is 13.9. The van der Waals surface area contributed by atoms with Gasteiger partial charge in [-0.15, -0.1) is 0 Å². The molecular weight excluding hydrogens is 314 g/mol. The van der Waals surface area contributed by atoms with E-state index in [0.29, 0.717) is 17.3 Å². The second-order valence-electron chi connectivity index (χ2n) is 5.04. The third-order valence-corrected chi connectivity index (χ3v) is 3.28. The van der Waals surface area contributed by atoms with Crippen LogP contribution >= 0.6 is 0 Å². The molecule has 0 unspecified atom stereocenters. The highest BCUT2D eigenvalue weighted by molar-refractivity contribution is 6.03. The van der Waals surface area contributed by atoms with Crippen LogP contribution in [0.1, 0.15) is 23.0 Å². The lowest BCUT2D eigenvalue weighted by Gasteiger charge is -2.16. The van der Waals surface area contributed by atoms with E-state index in [1.807, 2.05) is 0 Å². The van der Waals surface area contributed by atoms with Gasteiger partial charge in [0.25, 0.3) is 5.91 Å². The molecule has 0 spiro atoms. The lowest BCUT2D eigenvalue weighted by molar-refractivity contribution is -0.117.